The lowest BCUT2D eigenvalue weighted by atomic mass is 9.99. The van der Waals surface area contributed by atoms with E-state index < -0.39 is 11.9 Å². The summed E-state index contributed by atoms with van der Waals surface area (Å²) in [4.78, 5) is 28.7. The van der Waals surface area contributed by atoms with Gasteiger partial charge in [0.1, 0.15) is 0 Å². The summed E-state index contributed by atoms with van der Waals surface area (Å²) in [6.07, 6.45) is 3.09. The van der Waals surface area contributed by atoms with Gasteiger partial charge >= 0.3 is 5.97 Å². The second-order valence-electron chi connectivity index (χ2n) is 4.52. The van der Waals surface area contributed by atoms with Crippen molar-refractivity contribution < 1.29 is 14.7 Å². The molecular formula is C12H13BrN2O3. The lowest BCUT2D eigenvalue weighted by Gasteiger charge is -2.15. The molecule has 1 fully saturated rings. The minimum absolute atomic E-state index is 0.0217. The van der Waals surface area contributed by atoms with Gasteiger partial charge in [0.15, 0.2) is 0 Å². The van der Waals surface area contributed by atoms with Crippen LogP contribution in [0, 0.1) is 11.8 Å². The van der Waals surface area contributed by atoms with Gasteiger partial charge in [-0.3, -0.25) is 14.6 Å². The van der Waals surface area contributed by atoms with Crippen LogP contribution in [0.25, 0.3) is 0 Å². The number of amides is 1. The molecule has 2 atom stereocenters. The standard InChI is InChI=1S/C12H13BrN2O3/c1-7-5-15(6-10(7)12(17)18)11(16)8-2-9(13)4-14-3-8/h2-4,7,10H,5-6H2,1H3,(H,17,18). The molecule has 5 nitrogen and oxygen atoms in total. The van der Waals surface area contributed by atoms with Crippen LogP contribution in [0.4, 0.5) is 0 Å². The number of hydrogen-bond acceptors (Lipinski definition) is 3. The SMILES string of the molecule is CC1CN(C(=O)c2cncc(Br)c2)CC1C(=O)O. The van der Waals surface area contributed by atoms with Crippen molar-refractivity contribution >= 4 is 27.8 Å². The Morgan fingerprint density at radius 3 is 2.72 bits per heavy atom. The van der Waals surface area contributed by atoms with Gasteiger partial charge in [0.25, 0.3) is 5.91 Å². The van der Waals surface area contributed by atoms with E-state index in [9.17, 15) is 9.59 Å². The zero-order valence-electron chi connectivity index (χ0n) is 9.84. The van der Waals surface area contributed by atoms with Crippen molar-refractivity contribution in [2.24, 2.45) is 11.8 Å². The van der Waals surface area contributed by atoms with Crippen molar-refractivity contribution in [1.29, 1.82) is 0 Å². The van der Waals surface area contributed by atoms with Crippen LogP contribution in [0.3, 0.4) is 0 Å². The normalized spacial score (nSPS) is 23.1. The molecule has 1 amide bonds. The summed E-state index contributed by atoms with van der Waals surface area (Å²) in [5.74, 6) is -1.51. The van der Waals surface area contributed by atoms with Gasteiger partial charge in [0.05, 0.1) is 11.5 Å². The molecule has 1 aliphatic heterocycles. The Kier molecular flexibility index (Phi) is 3.65. The smallest absolute Gasteiger partial charge is 0.308 e. The molecule has 0 bridgehead atoms. The van der Waals surface area contributed by atoms with E-state index in [1.165, 1.54) is 6.20 Å². The largest absolute Gasteiger partial charge is 0.481 e. The average molecular weight is 313 g/mol. The van der Waals surface area contributed by atoms with Crippen LogP contribution in [-0.2, 0) is 4.79 Å². The Hall–Kier alpha value is -1.43. The number of carbonyl (C=O) groups excluding carboxylic acids is 1. The number of likely N-dealkylation sites (tertiary alicyclic amines) is 1. The summed E-state index contributed by atoms with van der Waals surface area (Å²) < 4.78 is 0.732. The zero-order valence-corrected chi connectivity index (χ0v) is 11.4. The number of aliphatic carboxylic acids is 1. The number of carbonyl (C=O) groups is 2. The molecule has 0 spiro atoms. The summed E-state index contributed by atoms with van der Waals surface area (Å²) in [6.45, 7) is 2.59. The summed E-state index contributed by atoms with van der Waals surface area (Å²) in [5, 5.41) is 9.04. The molecule has 0 radical (unpaired) electrons. The van der Waals surface area contributed by atoms with Gasteiger partial charge in [-0.2, -0.15) is 0 Å². The van der Waals surface area contributed by atoms with E-state index in [2.05, 4.69) is 20.9 Å². The Morgan fingerprint density at radius 2 is 2.17 bits per heavy atom. The molecule has 2 unspecified atom stereocenters. The molecule has 1 aromatic rings. The molecule has 96 valence electrons. The fourth-order valence-electron chi connectivity index (χ4n) is 2.17. The molecule has 0 saturated carbocycles. The topological polar surface area (TPSA) is 70.5 Å². The number of carboxylic acid groups (broad SMARTS) is 1. The zero-order chi connectivity index (χ0) is 13.3. The number of hydrogen-bond donors (Lipinski definition) is 1. The van der Waals surface area contributed by atoms with Crippen LogP contribution >= 0.6 is 15.9 Å². The molecule has 6 heteroatoms. The number of aromatic nitrogens is 1. The monoisotopic (exact) mass is 312 g/mol. The number of halogens is 1. The number of rotatable bonds is 2. The highest BCUT2D eigenvalue weighted by Gasteiger charge is 2.37. The van der Waals surface area contributed by atoms with E-state index in [0.717, 1.165) is 4.47 Å². The van der Waals surface area contributed by atoms with Crippen molar-refractivity contribution in [2.75, 3.05) is 13.1 Å². The second kappa shape index (κ2) is 5.06. The van der Waals surface area contributed by atoms with Crippen molar-refractivity contribution in [3.8, 4) is 0 Å². The van der Waals surface area contributed by atoms with Crippen molar-refractivity contribution in [3.63, 3.8) is 0 Å². The molecule has 1 saturated heterocycles. The van der Waals surface area contributed by atoms with Gasteiger partial charge in [0.2, 0.25) is 0 Å². The van der Waals surface area contributed by atoms with Crippen LogP contribution in [0.15, 0.2) is 22.9 Å². The highest BCUT2D eigenvalue weighted by atomic mass is 79.9. The van der Waals surface area contributed by atoms with Crippen molar-refractivity contribution in [2.45, 2.75) is 6.92 Å². The Labute approximate surface area is 113 Å². The quantitative estimate of drug-likeness (QED) is 0.901. The first-order valence-corrected chi connectivity index (χ1v) is 6.41. The Morgan fingerprint density at radius 1 is 1.44 bits per heavy atom. The second-order valence-corrected chi connectivity index (χ2v) is 5.44. The molecule has 1 aliphatic rings. The average Bonchev–Trinajstić information content (AvgIpc) is 2.70. The highest BCUT2D eigenvalue weighted by Crippen LogP contribution is 2.25. The predicted octanol–water partition coefficient (Wildman–Crippen LogP) is 1.64. The third kappa shape index (κ3) is 2.53. The van der Waals surface area contributed by atoms with E-state index in [0.29, 0.717) is 12.1 Å². The van der Waals surface area contributed by atoms with Gasteiger partial charge in [0, 0.05) is 30.0 Å². The first-order valence-electron chi connectivity index (χ1n) is 5.61. The van der Waals surface area contributed by atoms with E-state index in [4.69, 9.17) is 5.11 Å². The minimum Gasteiger partial charge on any atom is -0.481 e. The first kappa shape index (κ1) is 13.0. The Bertz CT molecular complexity index is 492. The minimum atomic E-state index is -0.842. The number of carboxylic acids is 1. The van der Waals surface area contributed by atoms with Crippen LogP contribution < -0.4 is 0 Å². The molecule has 18 heavy (non-hydrogen) atoms. The van der Waals surface area contributed by atoms with Crippen LogP contribution in [0.2, 0.25) is 0 Å². The molecule has 1 aromatic heterocycles. The maximum atomic E-state index is 12.2. The maximum Gasteiger partial charge on any atom is 0.308 e. The lowest BCUT2D eigenvalue weighted by molar-refractivity contribution is -0.142. The highest BCUT2D eigenvalue weighted by molar-refractivity contribution is 9.10. The third-order valence-electron chi connectivity index (χ3n) is 3.17. The summed E-state index contributed by atoms with van der Waals surface area (Å²) in [5.41, 5.74) is 0.475. The van der Waals surface area contributed by atoms with Gasteiger partial charge < -0.3 is 10.0 Å². The van der Waals surface area contributed by atoms with Crippen LogP contribution in [0.1, 0.15) is 17.3 Å². The molecule has 0 aliphatic carbocycles. The summed E-state index contributed by atoms with van der Waals surface area (Å²) in [7, 11) is 0. The van der Waals surface area contributed by atoms with Gasteiger partial charge in [-0.1, -0.05) is 6.92 Å². The van der Waals surface area contributed by atoms with E-state index in [1.54, 1.807) is 17.2 Å². The van der Waals surface area contributed by atoms with Gasteiger partial charge in [-0.15, -0.1) is 0 Å². The number of pyridine rings is 1. The van der Waals surface area contributed by atoms with Gasteiger partial charge in [-0.05, 0) is 27.9 Å². The summed E-state index contributed by atoms with van der Waals surface area (Å²) in [6, 6.07) is 1.69. The molecule has 0 aromatic carbocycles. The third-order valence-corrected chi connectivity index (χ3v) is 3.60. The van der Waals surface area contributed by atoms with Crippen molar-refractivity contribution in [3.05, 3.63) is 28.5 Å². The fourth-order valence-corrected chi connectivity index (χ4v) is 2.53. The van der Waals surface area contributed by atoms with E-state index >= 15 is 0 Å². The maximum absolute atomic E-state index is 12.2. The predicted molar refractivity (Wildman–Crippen MR) is 68.1 cm³/mol. The molecule has 2 heterocycles. The van der Waals surface area contributed by atoms with E-state index in [1.807, 2.05) is 6.92 Å². The fraction of sp³-hybridized carbons (Fsp3) is 0.417. The summed E-state index contributed by atoms with van der Waals surface area (Å²) >= 11 is 3.26. The lowest BCUT2D eigenvalue weighted by Crippen LogP contribution is -2.30. The first-order chi connectivity index (χ1) is 8.49. The van der Waals surface area contributed by atoms with Gasteiger partial charge in [-0.25, -0.2) is 0 Å². The molecule has 1 N–H and O–H groups in total. The number of nitrogens with zero attached hydrogens (tertiary/aromatic N) is 2. The van der Waals surface area contributed by atoms with Crippen LogP contribution in [0.5, 0.6) is 0 Å². The molecular weight excluding hydrogens is 300 g/mol. The molecule has 2 rings (SSSR count). The van der Waals surface area contributed by atoms with Crippen LogP contribution in [-0.4, -0.2) is 40.0 Å². The van der Waals surface area contributed by atoms with E-state index in [-0.39, 0.29) is 18.4 Å². The Balaban J connectivity index is 2.14. The van der Waals surface area contributed by atoms with Crippen molar-refractivity contribution in [1.82, 2.24) is 9.88 Å².